The molecule has 2 aliphatic heterocycles. The molecule has 16 nitrogen and oxygen atoms in total. The first-order valence-corrected chi connectivity index (χ1v) is 25.8. The van der Waals surface area contributed by atoms with Gasteiger partial charge in [-0.25, -0.2) is 22.5 Å². The lowest BCUT2D eigenvalue weighted by atomic mass is 9.70. The lowest BCUT2D eigenvalue weighted by Crippen LogP contribution is -2.63. The highest BCUT2D eigenvalue weighted by Crippen LogP contribution is 2.49. The van der Waals surface area contributed by atoms with Crippen LogP contribution in [-0.2, 0) is 10.0 Å². The van der Waals surface area contributed by atoms with Crippen LogP contribution in [0.2, 0.25) is 0 Å². The number of pyridine rings is 2. The number of fused-ring (bicyclic) bond motifs is 1. The SMILES string of the molecule is CC(C)Oc1nc2[nH]cc(F)c2cc1Oc1cc(N2CCC3(CC2)CN([C@@H]2CCC[C@@H]2c2ccccc2C(C)C)C3)ccc1C(=O)NS(=O)(=O)c1cnc(NCC2CCC(C)(O)CC2)c([N+](=O)[O-])c1. The van der Waals surface area contributed by atoms with Gasteiger partial charge < -0.3 is 29.8 Å². The number of anilines is 2. The maximum atomic E-state index is 15.0. The summed E-state index contributed by atoms with van der Waals surface area (Å²) in [5, 5.41) is 25.6. The first-order chi connectivity index (χ1) is 32.9. The van der Waals surface area contributed by atoms with E-state index in [-0.39, 0.29) is 57.2 Å². The Morgan fingerprint density at radius 3 is 2.46 bits per heavy atom. The normalized spacial score (nSPS) is 22.8. The Morgan fingerprint density at radius 1 is 1.01 bits per heavy atom. The first kappa shape index (κ1) is 48.2. The number of sulfonamides is 1. The summed E-state index contributed by atoms with van der Waals surface area (Å²) in [6, 6.07) is 16.6. The van der Waals surface area contributed by atoms with Crippen molar-refractivity contribution in [3.05, 3.63) is 99.6 Å². The maximum Gasteiger partial charge on any atom is 0.312 e. The molecule has 2 saturated heterocycles. The number of nitro groups is 1. The van der Waals surface area contributed by atoms with Crippen LogP contribution in [0.3, 0.4) is 0 Å². The molecule has 1 spiro atoms. The second-order valence-electron chi connectivity index (χ2n) is 20.6. The molecule has 4 aliphatic rings. The number of halogens is 1. The molecule has 5 aromatic rings. The van der Waals surface area contributed by atoms with Gasteiger partial charge in [0, 0.05) is 68.8 Å². The van der Waals surface area contributed by atoms with E-state index in [9.17, 15) is 32.8 Å². The van der Waals surface area contributed by atoms with Crippen molar-refractivity contribution in [2.75, 3.05) is 42.9 Å². The lowest BCUT2D eigenvalue weighted by Gasteiger charge is -2.57. The van der Waals surface area contributed by atoms with Crippen LogP contribution in [0.4, 0.5) is 21.6 Å². The summed E-state index contributed by atoms with van der Waals surface area (Å²) in [5.41, 5.74) is 2.63. The van der Waals surface area contributed by atoms with E-state index in [0.717, 1.165) is 63.2 Å². The number of piperidine rings is 1. The van der Waals surface area contributed by atoms with Crippen molar-refractivity contribution in [2.24, 2.45) is 11.3 Å². The smallest absolute Gasteiger partial charge is 0.312 e. The van der Waals surface area contributed by atoms with E-state index in [4.69, 9.17) is 9.47 Å². The molecular formula is C51H63FN8O8S. The topological polar surface area (TPSA) is 205 Å². The van der Waals surface area contributed by atoms with Crippen LogP contribution >= 0.6 is 0 Å². The summed E-state index contributed by atoms with van der Waals surface area (Å²) < 4.78 is 57.1. The number of hydrogen-bond acceptors (Lipinski definition) is 13. The zero-order valence-corrected chi connectivity index (χ0v) is 40.8. The zero-order chi connectivity index (χ0) is 48.8. The van der Waals surface area contributed by atoms with Gasteiger partial charge >= 0.3 is 5.69 Å². The number of rotatable bonds is 15. The number of aromatic nitrogens is 3. The second-order valence-corrected chi connectivity index (χ2v) is 22.3. The van der Waals surface area contributed by atoms with Crippen molar-refractivity contribution in [3.8, 4) is 17.4 Å². The molecule has 2 atom stereocenters. The van der Waals surface area contributed by atoms with E-state index in [1.54, 1.807) is 32.9 Å². The Kier molecular flexibility index (Phi) is 13.4. The summed E-state index contributed by atoms with van der Waals surface area (Å²) >= 11 is 0. The van der Waals surface area contributed by atoms with E-state index >= 15 is 0 Å². The van der Waals surface area contributed by atoms with Crippen LogP contribution in [0.5, 0.6) is 17.4 Å². The average Bonchev–Trinajstić information content (AvgIpc) is 3.93. The van der Waals surface area contributed by atoms with Crippen LogP contribution in [0.15, 0.2) is 71.9 Å². The molecule has 9 rings (SSSR count). The predicted molar refractivity (Wildman–Crippen MR) is 261 cm³/mol. The summed E-state index contributed by atoms with van der Waals surface area (Å²) in [5.74, 6) is -0.625. The Morgan fingerprint density at radius 2 is 1.75 bits per heavy atom. The highest BCUT2D eigenvalue weighted by molar-refractivity contribution is 7.90. The minimum Gasteiger partial charge on any atom is -0.472 e. The molecule has 0 radical (unpaired) electrons. The molecule has 69 heavy (non-hydrogen) atoms. The number of hydrogen-bond donors (Lipinski definition) is 4. The second kappa shape index (κ2) is 19.2. The molecule has 2 aliphatic carbocycles. The fourth-order valence-corrected chi connectivity index (χ4v) is 11.9. The third kappa shape index (κ3) is 10.2. The Hall–Kier alpha value is -5.85. The number of benzene rings is 2. The maximum absolute atomic E-state index is 15.0. The fourth-order valence-electron chi connectivity index (χ4n) is 11.0. The van der Waals surface area contributed by atoms with Crippen LogP contribution in [0.25, 0.3) is 11.0 Å². The molecule has 4 N–H and O–H groups in total. The van der Waals surface area contributed by atoms with Gasteiger partial charge in [-0.15, -0.1) is 0 Å². The first-order valence-electron chi connectivity index (χ1n) is 24.3. The van der Waals surface area contributed by atoms with E-state index in [1.165, 1.54) is 42.5 Å². The van der Waals surface area contributed by atoms with Gasteiger partial charge in [-0.3, -0.25) is 19.8 Å². The molecule has 5 heterocycles. The van der Waals surface area contributed by atoms with Gasteiger partial charge in [-0.2, -0.15) is 4.98 Å². The third-order valence-corrected chi connectivity index (χ3v) is 16.2. The van der Waals surface area contributed by atoms with E-state index in [0.29, 0.717) is 50.1 Å². The predicted octanol–water partition coefficient (Wildman–Crippen LogP) is 9.42. The van der Waals surface area contributed by atoms with Crippen molar-refractivity contribution >= 4 is 44.2 Å². The van der Waals surface area contributed by atoms with Crippen LogP contribution in [-0.4, -0.2) is 94.7 Å². The monoisotopic (exact) mass is 966 g/mol. The standard InChI is InChI=1S/C51H63FN8O8S/c1-31(2)36-9-6-7-10-37(36)38-11-8-12-42(38)59-29-51(30-59)19-21-58(22-20-51)34-13-14-39(44(23-34)68-45-25-40-41(52)28-55-46(40)56-49(45)67-32(3)4)48(61)57-69(65,66)35-24-43(60(63)64)47(54-27-35)53-26-33-15-17-50(5,62)18-16-33/h6-7,9-10,13-14,23-25,27-28,31-33,38,42,62H,8,11-12,15-22,26,29-30H2,1-5H3,(H,53,54)(H,55,56)(H,57,61)/t33?,38-,42-,50?/m1/s1. The van der Waals surface area contributed by atoms with Gasteiger partial charge in [0.2, 0.25) is 5.82 Å². The van der Waals surface area contributed by atoms with E-state index in [1.807, 2.05) is 0 Å². The van der Waals surface area contributed by atoms with Crippen molar-refractivity contribution in [1.82, 2.24) is 24.6 Å². The minimum absolute atomic E-state index is 0.00123. The molecule has 2 aromatic carbocycles. The molecule has 368 valence electrons. The molecule has 1 amide bonds. The lowest BCUT2D eigenvalue weighted by molar-refractivity contribution is -0.384. The largest absolute Gasteiger partial charge is 0.472 e. The Balaban J connectivity index is 0.943. The number of H-pyrrole nitrogens is 1. The summed E-state index contributed by atoms with van der Waals surface area (Å²) in [7, 11) is -4.73. The number of aliphatic hydroxyl groups is 1. The van der Waals surface area contributed by atoms with Gasteiger partial charge in [0.25, 0.3) is 21.8 Å². The fraction of sp³-hybridized carbons (Fsp3) is 0.510. The molecule has 0 bridgehead atoms. The number of nitrogens with zero attached hydrogens (tertiary/aromatic N) is 5. The van der Waals surface area contributed by atoms with Gasteiger partial charge in [0.15, 0.2) is 5.75 Å². The molecule has 4 fully saturated rings. The highest BCUT2D eigenvalue weighted by Gasteiger charge is 2.49. The number of ether oxygens (including phenoxy) is 2. The summed E-state index contributed by atoms with van der Waals surface area (Å²) in [6.07, 6.45) is 9.98. The van der Waals surface area contributed by atoms with Crippen LogP contribution < -0.4 is 24.4 Å². The van der Waals surface area contributed by atoms with Crippen molar-refractivity contribution in [1.29, 1.82) is 0 Å². The number of carbonyl (C=O) groups is 1. The Bertz CT molecular complexity index is 2830. The van der Waals surface area contributed by atoms with Crippen molar-refractivity contribution < 1.29 is 37.1 Å². The molecule has 3 aromatic heterocycles. The number of aromatic amines is 1. The zero-order valence-electron chi connectivity index (χ0n) is 40.0. The third-order valence-electron chi connectivity index (χ3n) is 14.9. The number of carbonyl (C=O) groups excluding carboxylic acids is 1. The molecule has 2 saturated carbocycles. The quantitative estimate of drug-likeness (QED) is 0.0571. The molecular weight excluding hydrogens is 904 g/mol. The number of amides is 1. The van der Waals surface area contributed by atoms with Crippen LogP contribution in [0.1, 0.15) is 126 Å². The molecule has 0 unspecified atom stereocenters. The van der Waals surface area contributed by atoms with Crippen molar-refractivity contribution in [3.63, 3.8) is 0 Å². The average molecular weight is 967 g/mol. The van der Waals surface area contributed by atoms with Gasteiger partial charge in [0.1, 0.15) is 22.1 Å². The summed E-state index contributed by atoms with van der Waals surface area (Å²) in [4.78, 5) is 41.3. The van der Waals surface area contributed by atoms with Gasteiger partial charge in [-0.05, 0) is 119 Å². The number of nitrogens with one attached hydrogen (secondary N) is 3. The minimum atomic E-state index is -4.73. The van der Waals surface area contributed by atoms with Crippen molar-refractivity contribution in [2.45, 2.75) is 127 Å². The van der Waals surface area contributed by atoms with Gasteiger partial charge in [0.05, 0.1) is 33.8 Å². The van der Waals surface area contributed by atoms with Crippen LogP contribution in [0, 0.1) is 27.3 Å². The van der Waals surface area contributed by atoms with Gasteiger partial charge in [-0.1, -0.05) is 44.5 Å². The molecule has 18 heteroatoms. The Labute approximate surface area is 402 Å². The summed E-state index contributed by atoms with van der Waals surface area (Å²) in [6.45, 7) is 13.9. The van der Waals surface area contributed by atoms with E-state index < -0.39 is 42.9 Å². The highest BCUT2D eigenvalue weighted by atomic mass is 32.2. The van der Waals surface area contributed by atoms with E-state index in [2.05, 4.69) is 72.9 Å². The number of likely N-dealkylation sites (tertiary alicyclic amines) is 1.